The van der Waals surface area contributed by atoms with Crippen LogP contribution in [0.15, 0.2) is 28.7 Å². The minimum Gasteiger partial charge on any atom is -0.317 e. The molecule has 0 aromatic heterocycles. The smallest absolute Gasteiger partial charge is 0.0428 e. The molecule has 0 aliphatic carbocycles. The Balaban J connectivity index is 2.82. The largest absolute Gasteiger partial charge is 0.317 e. The Morgan fingerprint density at radius 3 is 2.92 bits per heavy atom. The van der Waals surface area contributed by atoms with E-state index in [0.29, 0.717) is 4.47 Å². The van der Waals surface area contributed by atoms with Gasteiger partial charge in [-0.15, -0.1) is 0 Å². The lowest BCUT2D eigenvalue weighted by atomic mass is 9.90. The normalized spacial score (nSPS) is 47.0. The molecule has 1 aliphatic heterocycles. The molecular formula is C11H14BrN. The molecule has 0 atom stereocenters. The first kappa shape index (κ1) is 3.35. The van der Waals surface area contributed by atoms with E-state index < -0.39 is 31.6 Å². The van der Waals surface area contributed by atoms with E-state index in [1.807, 2.05) is 0 Å². The summed E-state index contributed by atoms with van der Waals surface area (Å²) in [5, 5.41) is 1.74. The number of rotatable bonds is 1. The zero-order valence-electron chi connectivity index (χ0n) is 15.7. The van der Waals surface area contributed by atoms with Crippen LogP contribution in [0.1, 0.15) is 36.5 Å². The quantitative estimate of drug-likeness (QED) is 0.807. The third kappa shape index (κ3) is 2.32. The summed E-state index contributed by atoms with van der Waals surface area (Å²) in [7, 11) is 0. The summed E-state index contributed by atoms with van der Waals surface area (Å²) in [5.74, 6) is -2.80. The van der Waals surface area contributed by atoms with Gasteiger partial charge in [-0.2, -0.15) is 0 Å². The van der Waals surface area contributed by atoms with Crippen LogP contribution in [0.2, 0.25) is 0 Å². The molecule has 1 aromatic carbocycles. The highest BCUT2D eigenvalue weighted by atomic mass is 79.9. The van der Waals surface area contributed by atoms with Crippen LogP contribution in [0.25, 0.3) is 0 Å². The van der Waals surface area contributed by atoms with Crippen LogP contribution < -0.4 is 5.32 Å². The summed E-state index contributed by atoms with van der Waals surface area (Å²) in [4.78, 5) is 0. The highest BCUT2D eigenvalue weighted by Gasteiger charge is 2.14. The van der Waals surface area contributed by atoms with Crippen molar-refractivity contribution in [3.8, 4) is 0 Å². The lowest BCUT2D eigenvalue weighted by Crippen LogP contribution is -2.26. The molecule has 70 valence electrons. The molecule has 1 N–H and O–H groups in total. The van der Waals surface area contributed by atoms with Gasteiger partial charge in [0.05, 0.1) is 0 Å². The van der Waals surface area contributed by atoms with Crippen LogP contribution in [0, 0.1) is 0 Å². The van der Waals surface area contributed by atoms with Gasteiger partial charge in [0.25, 0.3) is 0 Å². The maximum absolute atomic E-state index is 8.48. The zero-order chi connectivity index (χ0) is 17.2. The molecular weight excluding hydrogens is 226 g/mol. The van der Waals surface area contributed by atoms with E-state index >= 15 is 0 Å². The summed E-state index contributed by atoms with van der Waals surface area (Å²) in [6, 6.07) is 5.67. The van der Waals surface area contributed by atoms with Gasteiger partial charge >= 0.3 is 0 Å². The van der Waals surface area contributed by atoms with Crippen molar-refractivity contribution in [2.75, 3.05) is 13.0 Å². The van der Waals surface area contributed by atoms with Crippen LogP contribution in [-0.2, 0) is 0 Å². The van der Waals surface area contributed by atoms with Crippen LogP contribution in [0.3, 0.4) is 0 Å². The summed E-state index contributed by atoms with van der Waals surface area (Å²) >= 11 is 3.15. The second kappa shape index (κ2) is 4.25. The summed E-state index contributed by atoms with van der Waals surface area (Å²) in [6.07, 6.45) is -6.06. The number of hydrogen-bond donors (Lipinski definition) is 1. The molecule has 0 amide bonds. The fraction of sp³-hybridized carbons (Fsp3) is 0.455. The van der Waals surface area contributed by atoms with Gasteiger partial charge in [0.15, 0.2) is 0 Å². The molecule has 1 aliphatic rings. The fourth-order valence-electron chi connectivity index (χ4n) is 1.04. The molecule has 0 radical (unpaired) electrons. The van der Waals surface area contributed by atoms with Crippen LogP contribution in [-0.4, -0.2) is 13.0 Å². The third-order valence-corrected chi connectivity index (χ3v) is 2.11. The van der Waals surface area contributed by atoms with Crippen molar-refractivity contribution in [3.05, 3.63) is 34.3 Å². The van der Waals surface area contributed by atoms with Crippen molar-refractivity contribution in [1.29, 1.82) is 0 Å². The molecule has 2 rings (SSSR count). The Hall–Kier alpha value is -0.340. The first-order valence-electron chi connectivity index (χ1n) is 8.26. The molecule has 1 nitrogen and oxygen atoms in total. The first-order chi connectivity index (χ1) is 9.71. The Kier molecular flexibility index (Phi) is 1.10. The topological polar surface area (TPSA) is 12.0 Å². The molecule has 0 bridgehead atoms. The van der Waals surface area contributed by atoms with E-state index in [9.17, 15) is 0 Å². The van der Waals surface area contributed by atoms with E-state index in [4.69, 9.17) is 12.3 Å². The van der Waals surface area contributed by atoms with Crippen molar-refractivity contribution in [2.45, 2.75) is 18.6 Å². The standard InChI is InChI=1S/C11H14BrN/c12-11-3-1-2-10(8-11)9-4-6-13-7-5-9/h1-3,8-9,13H,4-7H2/i4D2,5D2,6D2,7D2,9D. The zero-order valence-corrected chi connectivity index (χ0v) is 8.27. The van der Waals surface area contributed by atoms with Crippen molar-refractivity contribution < 1.29 is 12.3 Å². The maximum Gasteiger partial charge on any atom is 0.0428 e. The second-order valence-electron chi connectivity index (χ2n) is 2.51. The van der Waals surface area contributed by atoms with Gasteiger partial charge in [0.2, 0.25) is 0 Å². The first-order valence-corrected chi connectivity index (χ1v) is 4.55. The average molecular weight is 249 g/mol. The van der Waals surface area contributed by atoms with E-state index in [1.165, 1.54) is 18.2 Å². The summed E-state index contributed by atoms with van der Waals surface area (Å²) in [6.45, 7) is -5.88. The van der Waals surface area contributed by atoms with E-state index in [-0.39, 0.29) is 5.56 Å². The predicted molar refractivity (Wildman–Crippen MR) is 59.0 cm³/mol. The van der Waals surface area contributed by atoms with Gasteiger partial charge in [-0.1, -0.05) is 28.1 Å². The monoisotopic (exact) mass is 248 g/mol. The van der Waals surface area contributed by atoms with Gasteiger partial charge in [-0.3, -0.25) is 0 Å². The van der Waals surface area contributed by atoms with Gasteiger partial charge in [-0.05, 0) is 49.3 Å². The SMILES string of the molecule is [2H]C1([2H])NC([2H])([2H])C([2H])([2H])C([2H])(c2cccc(Br)c2)C1([2H])[2H]. The molecule has 1 fully saturated rings. The van der Waals surface area contributed by atoms with Crippen molar-refractivity contribution in [2.24, 2.45) is 0 Å². The highest BCUT2D eigenvalue weighted by Crippen LogP contribution is 2.26. The van der Waals surface area contributed by atoms with Crippen molar-refractivity contribution in [3.63, 3.8) is 0 Å². The Morgan fingerprint density at radius 2 is 2.23 bits per heavy atom. The third-order valence-electron chi connectivity index (χ3n) is 1.61. The number of hydrogen-bond acceptors (Lipinski definition) is 1. The number of benzene rings is 1. The Bertz CT molecular complexity index is 575. The summed E-state index contributed by atoms with van der Waals surface area (Å²) in [5.41, 5.74) is -0.147. The molecule has 1 aromatic rings. The van der Waals surface area contributed by atoms with Crippen molar-refractivity contribution in [1.82, 2.24) is 5.32 Å². The van der Waals surface area contributed by atoms with Gasteiger partial charge in [0, 0.05) is 16.8 Å². The number of piperidine rings is 1. The molecule has 0 spiro atoms. The average Bonchev–Trinajstić information content (AvgIpc) is 2.34. The molecule has 1 saturated heterocycles. The molecule has 2 heteroatoms. The van der Waals surface area contributed by atoms with Crippen LogP contribution in [0.5, 0.6) is 0 Å². The van der Waals surface area contributed by atoms with Crippen molar-refractivity contribution >= 4 is 15.9 Å². The predicted octanol–water partition coefficient (Wildman–Crippen LogP) is 2.92. The number of nitrogens with one attached hydrogen (secondary N) is 1. The van der Waals surface area contributed by atoms with Crippen LogP contribution in [0.4, 0.5) is 0 Å². The molecule has 13 heavy (non-hydrogen) atoms. The lowest BCUT2D eigenvalue weighted by Gasteiger charge is -2.22. The number of halogens is 1. The molecule has 0 unspecified atom stereocenters. The van der Waals surface area contributed by atoms with E-state index in [0.717, 1.165) is 0 Å². The van der Waals surface area contributed by atoms with E-state index in [2.05, 4.69) is 15.9 Å². The summed E-state index contributed by atoms with van der Waals surface area (Å²) < 4.78 is 72.2. The van der Waals surface area contributed by atoms with Gasteiger partial charge in [0.1, 0.15) is 0 Å². The highest BCUT2D eigenvalue weighted by molar-refractivity contribution is 9.10. The Labute approximate surface area is 100 Å². The molecule has 1 heterocycles. The van der Waals surface area contributed by atoms with Crippen LogP contribution >= 0.6 is 15.9 Å². The second-order valence-corrected chi connectivity index (χ2v) is 3.43. The molecule has 0 saturated carbocycles. The fourth-order valence-corrected chi connectivity index (χ4v) is 1.44. The minimum absolute atomic E-state index is 0.147. The van der Waals surface area contributed by atoms with E-state index in [1.54, 1.807) is 11.4 Å². The lowest BCUT2D eigenvalue weighted by molar-refractivity contribution is 0.460. The Morgan fingerprint density at radius 1 is 1.46 bits per heavy atom. The van der Waals surface area contributed by atoms with Gasteiger partial charge in [-0.25, -0.2) is 0 Å². The van der Waals surface area contributed by atoms with Gasteiger partial charge < -0.3 is 5.32 Å². The minimum atomic E-state index is -3.03. The maximum atomic E-state index is 8.48.